The normalized spacial score (nSPS) is 30.6. The van der Waals surface area contributed by atoms with Crippen molar-refractivity contribution in [1.82, 2.24) is 0 Å². The second-order valence-electron chi connectivity index (χ2n) is 2.86. The van der Waals surface area contributed by atoms with Crippen molar-refractivity contribution in [1.29, 1.82) is 0 Å². The smallest absolute Gasteiger partial charge is 0.137 e. The molecular weight excluding hydrogens is 162 g/mol. The van der Waals surface area contributed by atoms with Crippen LogP contribution in [0, 0.1) is 0 Å². The molecule has 1 aliphatic rings. The van der Waals surface area contributed by atoms with Gasteiger partial charge in [0, 0.05) is 0 Å². The second-order valence-corrected chi connectivity index (χ2v) is 4.54. The molecule has 2 unspecified atom stereocenters. The summed E-state index contributed by atoms with van der Waals surface area (Å²) in [5.74, 6) is 0. The molecule has 0 aromatic heterocycles. The lowest BCUT2D eigenvalue weighted by atomic mass is 10.2. The highest BCUT2D eigenvalue weighted by atomic mass is 32.2. The molecule has 0 bridgehead atoms. The average molecular weight is 175 g/mol. The van der Waals surface area contributed by atoms with Gasteiger partial charge in [-0.2, -0.15) is 0 Å². The topological polar surface area (TPSA) is 44.6 Å². The Morgan fingerprint density at radius 2 is 2.36 bits per heavy atom. The van der Waals surface area contributed by atoms with E-state index >= 15 is 0 Å². The largest absolute Gasteiger partial charge is 0.591 e. The minimum atomic E-state index is -1.06. The van der Waals surface area contributed by atoms with Crippen LogP contribution in [0.5, 0.6) is 0 Å². The molecule has 0 radical (unpaired) electrons. The molecule has 2 atom stereocenters. The predicted molar refractivity (Wildman–Crippen MR) is 46.1 cm³/mol. The molecule has 1 heterocycles. The van der Waals surface area contributed by atoms with Crippen LogP contribution in [0.2, 0.25) is 0 Å². The molecule has 64 valence electrons. The molecule has 0 amide bonds. The van der Waals surface area contributed by atoms with Gasteiger partial charge in [0.1, 0.15) is 17.1 Å². The van der Waals surface area contributed by atoms with Crippen molar-refractivity contribution >= 4 is 17.1 Å². The fraction of sp³-hybridized carbons (Fsp3) is 0.857. The summed E-state index contributed by atoms with van der Waals surface area (Å²) < 4.78 is 20.2. The molecule has 0 aromatic carbocycles. The molecule has 11 heavy (non-hydrogen) atoms. The molecule has 0 N–H and O–H groups in total. The average Bonchev–Trinajstić information content (AvgIpc) is 1.96. The van der Waals surface area contributed by atoms with E-state index in [1.807, 2.05) is 20.8 Å². The van der Waals surface area contributed by atoms with Crippen molar-refractivity contribution in [2.75, 3.05) is 6.61 Å². The van der Waals surface area contributed by atoms with Crippen LogP contribution >= 0.6 is 0 Å². The molecule has 0 aliphatic carbocycles. The van der Waals surface area contributed by atoms with Crippen LogP contribution in [0.1, 0.15) is 20.8 Å². The fourth-order valence-corrected chi connectivity index (χ4v) is 1.29. The van der Waals surface area contributed by atoms with Crippen LogP contribution in [0.25, 0.3) is 0 Å². The summed E-state index contributed by atoms with van der Waals surface area (Å²) in [4.78, 5) is 0. The molecule has 3 nitrogen and oxygen atoms in total. The Kier molecular flexibility index (Phi) is 2.92. The van der Waals surface area contributed by atoms with Crippen molar-refractivity contribution in [2.45, 2.75) is 32.1 Å². The van der Waals surface area contributed by atoms with Gasteiger partial charge in [0.2, 0.25) is 0 Å². The van der Waals surface area contributed by atoms with E-state index in [-0.39, 0.29) is 11.4 Å². The first kappa shape index (κ1) is 9.03. The van der Waals surface area contributed by atoms with E-state index in [2.05, 4.69) is 4.40 Å². The molecule has 1 rings (SSSR count). The standard InChI is InChI=1S/C7H13NO2S/c1-5(2)11(9)8-7-4-10-6(7)3/h5-6H,4H2,1-3H3. The van der Waals surface area contributed by atoms with Crippen LogP contribution < -0.4 is 0 Å². The first-order valence-electron chi connectivity index (χ1n) is 3.71. The van der Waals surface area contributed by atoms with Crippen molar-refractivity contribution < 1.29 is 9.29 Å². The van der Waals surface area contributed by atoms with Gasteiger partial charge >= 0.3 is 0 Å². The second kappa shape index (κ2) is 3.56. The number of rotatable bonds is 2. The Labute approximate surface area is 70.2 Å². The number of nitrogens with zero attached hydrogens (tertiary/aromatic N) is 1. The van der Waals surface area contributed by atoms with E-state index in [4.69, 9.17) is 4.74 Å². The third-order valence-electron chi connectivity index (χ3n) is 1.56. The lowest BCUT2D eigenvalue weighted by molar-refractivity contribution is 0.0871. The predicted octanol–water partition coefficient (Wildman–Crippen LogP) is 0.918. The lowest BCUT2D eigenvalue weighted by Gasteiger charge is -2.24. The molecule has 0 spiro atoms. The molecule has 1 aliphatic heterocycles. The summed E-state index contributed by atoms with van der Waals surface area (Å²) in [7, 11) is 0. The van der Waals surface area contributed by atoms with Gasteiger partial charge in [-0.25, -0.2) is 0 Å². The van der Waals surface area contributed by atoms with Crippen LogP contribution in [0.3, 0.4) is 0 Å². The van der Waals surface area contributed by atoms with Gasteiger partial charge < -0.3 is 9.29 Å². The highest BCUT2D eigenvalue weighted by molar-refractivity contribution is 7.90. The van der Waals surface area contributed by atoms with Gasteiger partial charge in [-0.05, 0) is 20.8 Å². The molecule has 0 saturated carbocycles. The minimum absolute atomic E-state index is 0.0812. The zero-order valence-electron chi connectivity index (χ0n) is 7.03. The highest BCUT2D eigenvalue weighted by Gasteiger charge is 2.26. The van der Waals surface area contributed by atoms with Crippen LogP contribution in [0.15, 0.2) is 4.40 Å². The number of hydrogen-bond acceptors (Lipinski definition) is 3. The summed E-state index contributed by atoms with van der Waals surface area (Å²) in [5, 5.41) is 0.107. The Bertz CT molecular complexity index is 170. The Morgan fingerprint density at radius 3 is 2.64 bits per heavy atom. The van der Waals surface area contributed by atoms with E-state index in [1.54, 1.807) is 0 Å². The van der Waals surface area contributed by atoms with Gasteiger partial charge in [0.15, 0.2) is 0 Å². The fourth-order valence-electron chi connectivity index (χ4n) is 0.646. The van der Waals surface area contributed by atoms with E-state index in [9.17, 15) is 4.55 Å². The summed E-state index contributed by atoms with van der Waals surface area (Å²) in [6.45, 7) is 6.26. The highest BCUT2D eigenvalue weighted by Crippen LogP contribution is 2.12. The maximum atomic E-state index is 11.2. The van der Waals surface area contributed by atoms with Crippen molar-refractivity contribution in [3.05, 3.63) is 0 Å². The van der Waals surface area contributed by atoms with Crippen LogP contribution in [0.4, 0.5) is 0 Å². The van der Waals surface area contributed by atoms with Crippen LogP contribution in [-0.4, -0.2) is 28.2 Å². The van der Waals surface area contributed by atoms with Gasteiger partial charge in [-0.15, -0.1) is 0 Å². The summed E-state index contributed by atoms with van der Waals surface area (Å²) >= 11 is -1.06. The zero-order chi connectivity index (χ0) is 8.43. The number of ether oxygens (including phenoxy) is 1. The Hall–Kier alpha value is -0.0600. The molecule has 0 aromatic rings. The third kappa shape index (κ3) is 2.18. The van der Waals surface area contributed by atoms with Gasteiger partial charge in [-0.1, -0.05) is 4.40 Å². The zero-order valence-corrected chi connectivity index (χ0v) is 7.85. The van der Waals surface area contributed by atoms with Crippen molar-refractivity contribution in [2.24, 2.45) is 4.40 Å². The molecule has 1 saturated heterocycles. The first-order valence-corrected chi connectivity index (χ1v) is 4.88. The SMILES string of the molecule is CC1OCC1=N[S+]([O-])C(C)C. The number of hydrogen-bond donors (Lipinski definition) is 0. The lowest BCUT2D eigenvalue weighted by Crippen LogP contribution is -2.38. The van der Waals surface area contributed by atoms with Crippen molar-refractivity contribution in [3.8, 4) is 0 Å². The minimum Gasteiger partial charge on any atom is -0.591 e. The Morgan fingerprint density at radius 1 is 1.73 bits per heavy atom. The van der Waals surface area contributed by atoms with E-state index < -0.39 is 11.4 Å². The summed E-state index contributed by atoms with van der Waals surface area (Å²) in [5.41, 5.74) is 0.928. The van der Waals surface area contributed by atoms with Crippen molar-refractivity contribution in [3.63, 3.8) is 0 Å². The van der Waals surface area contributed by atoms with E-state index in [1.165, 1.54) is 0 Å². The summed E-state index contributed by atoms with van der Waals surface area (Å²) in [6.07, 6.45) is 0.0812. The Balaban J connectivity index is 2.44. The van der Waals surface area contributed by atoms with Gasteiger partial charge in [0.25, 0.3) is 0 Å². The van der Waals surface area contributed by atoms with E-state index in [0.29, 0.717) is 6.61 Å². The van der Waals surface area contributed by atoms with E-state index in [0.717, 1.165) is 5.71 Å². The maximum Gasteiger partial charge on any atom is 0.137 e. The van der Waals surface area contributed by atoms with Crippen LogP contribution in [-0.2, 0) is 16.1 Å². The maximum absolute atomic E-state index is 11.2. The monoisotopic (exact) mass is 175 g/mol. The quantitative estimate of drug-likeness (QED) is 0.586. The molecule has 4 heteroatoms. The van der Waals surface area contributed by atoms with Gasteiger partial charge in [-0.3, -0.25) is 0 Å². The molecular formula is C7H13NO2S. The molecule has 1 fully saturated rings. The van der Waals surface area contributed by atoms with Gasteiger partial charge in [0.05, 0.1) is 18.0 Å². The third-order valence-corrected chi connectivity index (χ3v) is 2.78. The first-order chi connectivity index (χ1) is 5.11. The summed E-state index contributed by atoms with van der Waals surface area (Å²) in [6, 6.07) is 0.